The number of nitrogens with one attached hydrogen (secondary N) is 1. The molecule has 0 saturated heterocycles. The minimum Gasteiger partial charge on any atom is -0.485 e. The first-order valence-corrected chi connectivity index (χ1v) is 9.72. The average Bonchev–Trinajstić information content (AvgIpc) is 3.26. The van der Waals surface area contributed by atoms with Gasteiger partial charge in [-0.05, 0) is 32.4 Å². The first-order valence-electron chi connectivity index (χ1n) is 8.84. The Labute approximate surface area is 161 Å². The van der Waals surface area contributed by atoms with E-state index in [9.17, 15) is 4.79 Å². The van der Waals surface area contributed by atoms with Crippen LogP contribution in [-0.2, 0) is 0 Å². The predicted octanol–water partition coefficient (Wildman–Crippen LogP) is 3.81. The van der Waals surface area contributed by atoms with E-state index in [1.807, 2.05) is 48.3 Å². The zero-order valence-corrected chi connectivity index (χ0v) is 16.3. The third kappa shape index (κ3) is 3.19. The summed E-state index contributed by atoms with van der Waals surface area (Å²) in [7, 11) is 0. The lowest BCUT2D eigenvalue weighted by Gasteiger charge is -2.17. The van der Waals surface area contributed by atoms with Crippen LogP contribution in [0.4, 0.5) is 0 Å². The number of ether oxygens (including phenoxy) is 2. The van der Waals surface area contributed by atoms with Crippen molar-refractivity contribution in [1.82, 2.24) is 15.1 Å². The van der Waals surface area contributed by atoms with Gasteiger partial charge in [-0.15, -0.1) is 11.3 Å². The summed E-state index contributed by atoms with van der Waals surface area (Å²) < 4.78 is 13.0. The molecule has 0 aliphatic carbocycles. The number of para-hydroxylation sites is 1. The molecule has 0 spiro atoms. The van der Waals surface area contributed by atoms with Crippen LogP contribution in [0.25, 0.3) is 5.69 Å². The zero-order chi connectivity index (χ0) is 19.0. The summed E-state index contributed by atoms with van der Waals surface area (Å²) in [6, 6.07) is 7.92. The van der Waals surface area contributed by atoms with Crippen LogP contribution >= 0.6 is 11.3 Å². The van der Waals surface area contributed by atoms with Crippen molar-refractivity contribution in [3.63, 3.8) is 0 Å². The van der Waals surface area contributed by atoms with Gasteiger partial charge in [-0.3, -0.25) is 4.79 Å². The maximum atomic E-state index is 12.7. The van der Waals surface area contributed by atoms with Crippen molar-refractivity contribution in [3.05, 3.63) is 57.5 Å². The fourth-order valence-corrected chi connectivity index (χ4v) is 4.08. The molecule has 1 N–H and O–H groups in total. The largest absolute Gasteiger partial charge is 0.485 e. The van der Waals surface area contributed by atoms with Gasteiger partial charge in [-0.1, -0.05) is 18.2 Å². The van der Waals surface area contributed by atoms with Gasteiger partial charge < -0.3 is 14.8 Å². The number of rotatable bonds is 4. The van der Waals surface area contributed by atoms with Gasteiger partial charge in [0.05, 0.1) is 17.9 Å². The molecule has 0 radical (unpaired) electrons. The van der Waals surface area contributed by atoms with Gasteiger partial charge in [0.15, 0.2) is 11.5 Å². The van der Waals surface area contributed by atoms with Crippen LogP contribution in [0.2, 0.25) is 0 Å². The SMILES string of the molecule is Cc1ccccc1-n1ncc(C(C)NC(=O)c2scc3c2OCCO3)c1C. The van der Waals surface area contributed by atoms with Crippen molar-refractivity contribution < 1.29 is 14.3 Å². The summed E-state index contributed by atoms with van der Waals surface area (Å²) in [5.41, 5.74) is 4.17. The van der Waals surface area contributed by atoms with Gasteiger partial charge in [0.2, 0.25) is 0 Å². The third-order valence-electron chi connectivity index (χ3n) is 4.71. The van der Waals surface area contributed by atoms with E-state index in [4.69, 9.17) is 9.47 Å². The second-order valence-corrected chi connectivity index (χ2v) is 7.41. The molecule has 0 bridgehead atoms. The lowest BCUT2D eigenvalue weighted by Crippen LogP contribution is -2.27. The highest BCUT2D eigenvalue weighted by Gasteiger charge is 2.25. The number of hydrogen-bond acceptors (Lipinski definition) is 5. The smallest absolute Gasteiger partial charge is 0.265 e. The van der Waals surface area contributed by atoms with E-state index in [1.165, 1.54) is 11.3 Å². The Hall–Kier alpha value is -2.80. The molecule has 0 fully saturated rings. The van der Waals surface area contributed by atoms with E-state index in [0.717, 1.165) is 22.5 Å². The lowest BCUT2D eigenvalue weighted by molar-refractivity contribution is 0.0935. The Morgan fingerprint density at radius 3 is 2.85 bits per heavy atom. The Kier molecular flexibility index (Phi) is 4.61. The molecular formula is C20H21N3O3S. The van der Waals surface area contributed by atoms with Gasteiger partial charge in [0.1, 0.15) is 18.1 Å². The first-order chi connectivity index (χ1) is 13.1. The zero-order valence-electron chi connectivity index (χ0n) is 15.5. The van der Waals surface area contributed by atoms with E-state index in [0.29, 0.717) is 29.6 Å². The third-order valence-corrected chi connectivity index (χ3v) is 5.65. The summed E-state index contributed by atoms with van der Waals surface area (Å²) in [4.78, 5) is 13.3. The van der Waals surface area contributed by atoms with E-state index >= 15 is 0 Å². The van der Waals surface area contributed by atoms with Crippen LogP contribution in [0.15, 0.2) is 35.8 Å². The Morgan fingerprint density at radius 2 is 2.04 bits per heavy atom. The molecule has 4 rings (SSSR count). The molecule has 1 aliphatic rings. The molecule has 1 unspecified atom stereocenters. The molecule has 3 aromatic rings. The molecule has 1 aromatic carbocycles. The quantitative estimate of drug-likeness (QED) is 0.744. The van der Waals surface area contributed by atoms with Crippen LogP contribution in [-0.4, -0.2) is 28.9 Å². The number of fused-ring (bicyclic) bond motifs is 1. The van der Waals surface area contributed by atoms with Gasteiger partial charge in [0.25, 0.3) is 5.91 Å². The molecule has 1 amide bonds. The molecule has 3 heterocycles. The Bertz CT molecular complexity index is 992. The predicted molar refractivity (Wildman–Crippen MR) is 104 cm³/mol. The number of thiophene rings is 1. The van der Waals surface area contributed by atoms with Crippen LogP contribution in [0.5, 0.6) is 11.5 Å². The Morgan fingerprint density at radius 1 is 1.26 bits per heavy atom. The molecular weight excluding hydrogens is 362 g/mol. The topological polar surface area (TPSA) is 65.4 Å². The van der Waals surface area contributed by atoms with Crippen molar-refractivity contribution in [2.45, 2.75) is 26.8 Å². The van der Waals surface area contributed by atoms with Crippen LogP contribution in [0, 0.1) is 13.8 Å². The maximum Gasteiger partial charge on any atom is 0.265 e. The molecule has 140 valence electrons. The first kappa shape index (κ1) is 17.6. The minimum absolute atomic E-state index is 0.165. The normalized spacial score (nSPS) is 14.0. The highest BCUT2D eigenvalue weighted by Crippen LogP contribution is 2.39. The molecule has 1 atom stereocenters. The standard InChI is InChI=1S/C20H21N3O3S/c1-12-6-4-5-7-16(12)23-14(3)15(10-21-23)13(2)22-20(24)19-18-17(11-27-19)25-8-9-26-18/h4-7,10-11,13H,8-9H2,1-3H3,(H,22,24). The van der Waals surface area contributed by atoms with Gasteiger partial charge >= 0.3 is 0 Å². The van der Waals surface area contributed by atoms with E-state index < -0.39 is 0 Å². The monoisotopic (exact) mass is 383 g/mol. The van der Waals surface area contributed by atoms with Crippen LogP contribution in [0.1, 0.15) is 39.5 Å². The van der Waals surface area contributed by atoms with Crippen molar-refractivity contribution in [1.29, 1.82) is 0 Å². The number of carbonyl (C=O) groups is 1. The van der Waals surface area contributed by atoms with Gasteiger partial charge in [-0.25, -0.2) is 4.68 Å². The lowest BCUT2D eigenvalue weighted by atomic mass is 10.1. The van der Waals surface area contributed by atoms with Gasteiger partial charge in [0, 0.05) is 16.6 Å². The highest BCUT2D eigenvalue weighted by atomic mass is 32.1. The molecule has 2 aromatic heterocycles. The van der Waals surface area contributed by atoms with E-state index in [1.54, 1.807) is 0 Å². The summed E-state index contributed by atoms with van der Waals surface area (Å²) in [5.74, 6) is 1.03. The summed E-state index contributed by atoms with van der Waals surface area (Å²) in [6.45, 7) is 7.01. The van der Waals surface area contributed by atoms with Crippen molar-refractivity contribution >= 4 is 17.2 Å². The Balaban J connectivity index is 1.56. The van der Waals surface area contributed by atoms with Crippen LogP contribution < -0.4 is 14.8 Å². The van der Waals surface area contributed by atoms with Gasteiger partial charge in [-0.2, -0.15) is 5.10 Å². The van der Waals surface area contributed by atoms with E-state index in [-0.39, 0.29) is 11.9 Å². The maximum absolute atomic E-state index is 12.7. The fraction of sp³-hybridized carbons (Fsp3) is 0.300. The summed E-state index contributed by atoms with van der Waals surface area (Å²) >= 11 is 1.34. The molecule has 6 nitrogen and oxygen atoms in total. The van der Waals surface area contributed by atoms with Crippen LogP contribution in [0.3, 0.4) is 0 Å². The molecule has 0 saturated carbocycles. The molecule has 1 aliphatic heterocycles. The highest BCUT2D eigenvalue weighted by molar-refractivity contribution is 7.12. The van der Waals surface area contributed by atoms with E-state index in [2.05, 4.69) is 23.4 Å². The molecule has 7 heteroatoms. The summed E-state index contributed by atoms with van der Waals surface area (Å²) in [5, 5.41) is 9.40. The van der Waals surface area contributed by atoms with Crippen molar-refractivity contribution in [2.75, 3.05) is 13.2 Å². The second-order valence-electron chi connectivity index (χ2n) is 6.53. The summed E-state index contributed by atoms with van der Waals surface area (Å²) in [6.07, 6.45) is 1.82. The van der Waals surface area contributed by atoms with Crippen molar-refractivity contribution in [3.8, 4) is 17.2 Å². The number of carbonyl (C=O) groups excluding carboxylic acids is 1. The second kappa shape index (κ2) is 7.08. The average molecular weight is 383 g/mol. The number of amides is 1. The number of hydrogen-bond donors (Lipinski definition) is 1. The minimum atomic E-state index is -0.183. The number of nitrogens with zero attached hydrogens (tertiary/aromatic N) is 2. The number of aryl methyl sites for hydroxylation is 1. The number of benzene rings is 1. The van der Waals surface area contributed by atoms with Crippen molar-refractivity contribution in [2.24, 2.45) is 0 Å². The molecule has 27 heavy (non-hydrogen) atoms. The number of aromatic nitrogens is 2. The fourth-order valence-electron chi connectivity index (χ4n) is 3.25.